The summed E-state index contributed by atoms with van der Waals surface area (Å²) in [4.78, 5) is 21.1. The lowest BCUT2D eigenvalue weighted by atomic mass is 10.0. The van der Waals surface area contributed by atoms with Gasteiger partial charge in [-0.15, -0.1) is 11.3 Å². The largest absolute Gasteiger partial charge is 0.486 e. The van der Waals surface area contributed by atoms with E-state index in [1.165, 1.54) is 11.3 Å². The van der Waals surface area contributed by atoms with Crippen molar-refractivity contribution in [3.05, 3.63) is 88.5 Å². The summed E-state index contributed by atoms with van der Waals surface area (Å²) in [5, 5.41) is 9.65. The average molecular weight is 400 g/mol. The fourth-order valence-corrected chi connectivity index (χ4v) is 4.04. The molecule has 0 fully saturated rings. The maximum absolute atomic E-state index is 12.9. The van der Waals surface area contributed by atoms with Gasteiger partial charge in [-0.3, -0.25) is 14.9 Å². The molecule has 4 aromatic heterocycles. The molecule has 4 heterocycles. The first kappa shape index (κ1) is 17.4. The molecule has 0 aliphatic carbocycles. The predicted octanol–water partition coefficient (Wildman–Crippen LogP) is 4.62. The first-order valence-corrected chi connectivity index (χ1v) is 9.93. The van der Waals surface area contributed by atoms with Crippen LogP contribution in [0.3, 0.4) is 0 Å². The monoisotopic (exact) mass is 400 g/mol. The number of nitrogens with one attached hydrogen (secondary N) is 2. The number of hydrogen-bond donors (Lipinski definition) is 2. The average Bonchev–Trinajstić information content (AvgIpc) is 3.46. The molecular weight excluding hydrogens is 384 g/mol. The van der Waals surface area contributed by atoms with Crippen LogP contribution in [0.1, 0.15) is 5.69 Å². The van der Waals surface area contributed by atoms with E-state index in [1.54, 1.807) is 12.4 Å². The first-order valence-electron chi connectivity index (χ1n) is 9.05. The summed E-state index contributed by atoms with van der Waals surface area (Å²) in [5.41, 5.74) is 3.83. The molecule has 29 heavy (non-hydrogen) atoms. The van der Waals surface area contributed by atoms with Crippen molar-refractivity contribution in [1.29, 1.82) is 0 Å². The number of fused-ring (bicyclic) bond motifs is 1. The van der Waals surface area contributed by atoms with E-state index in [2.05, 4.69) is 20.2 Å². The molecule has 0 saturated carbocycles. The minimum absolute atomic E-state index is 0.174. The number of pyridine rings is 2. The highest BCUT2D eigenvalue weighted by atomic mass is 32.1. The van der Waals surface area contributed by atoms with Crippen LogP contribution >= 0.6 is 11.3 Å². The summed E-state index contributed by atoms with van der Waals surface area (Å²) in [5.74, 6) is 0.558. The molecule has 0 bridgehead atoms. The Kier molecular flexibility index (Phi) is 4.42. The van der Waals surface area contributed by atoms with Crippen molar-refractivity contribution in [3.63, 3.8) is 0 Å². The van der Waals surface area contributed by atoms with E-state index in [4.69, 9.17) is 4.74 Å². The SMILES string of the molecule is O=c1[nH]c2ccc(-c3cn[nH]c3)cc2c(OCc2ccccn2)c1-c1cccs1. The number of nitrogens with zero attached hydrogens (tertiary/aromatic N) is 2. The molecule has 0 unspecified atom stereocenters. The zero-order valence-corrected chi connectivity index (χ0v) is 16.1. The predicted molar refractivity (Wildman–Crippen MR) is 114 cm³/mol. The molecule has 0 radical (unpaired) electrons. The first-order chi connectivity index (χ1) is 14.3. The Bertz CT molecular complexity index is 1310. The fourth-order valence-electron chi connectivity index (χ4n) is 3.28. The van der Waals surface area contributed by atoms with Crippen molar-refractivity contribution < 1.29 is 4.74 Å². The molecule has 0 spiro atoms. The van der Waals surface area contributed by atoms with Crippen LogP contribution in [0.4, 0.5) is 0 Å². The lowest BCUT2D eigenvalue weighted by Crippen LogP contribution is -2.12. The summed E-state index contributed by atoms with van der Waals surface area (Å²) in [6.07, 6.45) is 5.33. The van der Waals surface area contributed by atoms with Gasteiger partial charge >= 0.3 is 0 Å². The van der Waals surface area contributed by atoms with Gasteiger partial charge in [-0.05, 0) is 41.3 Å². The van der Waals surface area contributed by atoms with Gasteiger partial charge in [0, 0.05) is 28.2 Å². The third kappa shape index (κ3) is 3.32. The van der Waals surface area contributed by atoms with Crippen LogP contribution < -0.4 is 10.3 Å². The minimum Gasteiger partial charge on any atom is -0.486 e. The van der Waals surface area contributed by atoms with Gasteiger partial charge in [0.1, 0.15) is 12.4 Å². The number of hydrogen-bond acceptors (Lipinski definition) is 5. The van der Waals surface area contributed by atoms with Crippen LogP contribution in [0.25, 0.3) is 32.5 Å². The zero-order chi connectivity index (χ0) is 19.6. The Hall–Kier alpha value is -3.71. The molecule has 1 aromatic carbocycles. The van der Waals surface area contributed by atoms with Gasteiger partial charge in [-0.2, -0.15) is 5.10 Å². The van der Waals surface area contributed by atoms with Gasteiger partial charge in [0.05, 0.1) is 23.0 Å². The number of aromatic amines is 2. The number of thiophene rings is 1. The van der Waals surface area contributed by atoms with E-state index in [-0.39, 0.29) is 12.2 Å². The standard InChI is InChI=1S/C22H16N4O2S/c27-22-20(19-5-3-9-29-19)21(28-13-16-4-1-2-8-23-16)17-10-14(6-7-18(17)26-22)15-11-24-25-12-15/h1-12H,13H2,(H,24,25)(H,26,27). The van der Waals surface area contributed by atoms with Gasteiger partial charge in [0.25, 0.3) is 5.56 Å². The maximum atomic E-state index is 12.9. The van der Waals surface area contributed by atoms with Crippen molar-refractivity contribution in [1.82, 2.24) is 20.2 Å². The number of benzene rings is 1. The number of aromatic nitrogens is 4. The van der Waals surface area contributed by atoms with Crippen molar-refractivity contribution in [2.24, 2.45) is 0 Å². The highest BCUT2D eigenvalue weighted by Gasteiger charge is 2.18. The molecule has 0 aliphatic heterocycles. The Labute approximate surface area is 169 Å². The molecule has 2 N–H and O–H groups in total. The van der Waals surface area contributed by atoms with E-state index in [0.29, 0.717) is 11.3 Å². The van der Waals surface area contributed by atoms with E-state index in [0.717, 1.165) is 32.6 Å². The zero-order valence-electron chi connectivity index (χ0n) is 15.3. The smallest absolute Gasteiger partial charge is 0.260 e. The van der Waals surface area contributed by atoms with Gasteiger partial charge < -0.3 is 9.72 Å². The molecule has 0 amide bonds. The highest BCUT2D eigenvalue weighted by Crippen LogP contribution is 2.37. The minimum atomic E-state index is -0.174. The molecular formula is C22H16N4O2S. The summed E-state index contributed by atoms with van der Waals surface area (Å²) < 4.78 is 6.21. The van der Waals surface area contributed by atoms with Crippen LogP contribution in [-0.4, -0.2) is 20.2 Å². The van der Waals surface area contributed by atoms with E-state index in [9.17, 15) is 4.79 Å². The van der Waals surface area contributed by atoms with Gasteiger partial charge in [0.2, 0.25) is 0 Å². The van der Waals surface area contributed by atoms with Crippen LogP contribution in [0.15, 0.2) is 77.3 Å². The third-order valence-corrected chi connectivity index (χ3v) is 5.54. The van der Waals surface area contributed by atoms with Crippen molar-refractivity contribution in [3.8, 4) is 27.3 Å². The van der Waals surface area contributed by atoms with Gasteiger partial charge in [0.15, 0.2) is 0 Å². The number of H-pyrrole nitrogens is 2. The molecule has 0 aliphatic rings. The van der Waals surface area contributed by atoms with Crippen molar-refractivity contribution >= 4 is 22.2 Å². The van der Waals surface area contributed by atoms with Crippen LogP contribution in [0.5, 0.6) is 5.75 Å². The lowest BCUT2D eigenvalue weighted by molar-refractivity contribution is 0.306. The van der Waals surface area contributed by atoms with Crippen LogP contribution in [0.2, 0.25) is 0 Å². The van der Waals surface area contributed by atoms with Gasteiger partial charge in [-0.1, -0.05) is 18.2 Å². The Balaban J connectivity index is 1.71. The number of rotatable bonds is 5. The molecule has 5 aromatic rings. The Morgan fingerprint density at radius 3 is 2.79 bits per heavy atom. The summed E-state index contributed by atoms with van der Waals surface area (Å²) in [7, 11) is 0. The Morgan fingerprint density at radius 2 is 2.03 bits per heavy atom. The van der Waals surface area contributed by atoms with Crippen molar-refractivity contribution in [2.75, 3.05) is 0 Å². The van der Waals surface area contributed by atoms with E-state index in [1.807, 2.05) is 60.1 Å². The fraction of sp³-hybridized carbons (Fsp3) is 0.0455. The summed E-state index contributed by atoms with van der Waals surface area (Å²) in [6.45, 7) is 0.272. The van der Waals surface area contributed by atoms with E-state index >= 15 is 0 Å². The second kappa shape index (κ2) is 7.37. The maximum Gasteiger partial charge on any atom is 0.260 e. The molecule has 0 atom stereocenters. The summed E-state index contributed by atoms with van der Waals surface area (Å²) >= 11 is 1.51. The molecule has 142 valence electrons. The molecule has 6 nitrogen and oxygen atoms in total. The summed E-state index contributed by atoms with van der Waals surface area (Å²) in [6, 6.07) is 15.4. The third-order valence-electron chi connectivity index (χ3n) is 4.66. The quantitative estimate of drug-likeness (QED) is 0.451. The second-order valence-electron chi connectivity index (χ2n) is 6.49. The van der Waals surface area contributed by atoms with Crippen LogP contribution in [-0.2, 0) is 6.61 Å². The molecule has 7 heteroatoms. The van der Waals surface area contributed by atoms with Gasteiger partial charge in [-0.25, -0.2) is 0 Å². The van der Waals surface area contributed by atoms with Crippen LogP contribution in [0, 0.1) is 0 Å². The van der Waals surface area contributed by atoms with Crippen molar-refractivity contribution in [2.45, 2.75) is 6.61 Å². The molecule has 5 rings (SSSR count). The highest BCUT2D eigenvalue weighted by molar-refractivity contribution is 7.13. The Morgan fingerprint density at radius 1 is 1.07 bits per heavy atom. The lowest BCUT2D eigenvalue weighted by Gasteiger charge is -2.14. The molecule has 0 saturated heterocycles. The topological polar surface area (TPSA) is 83.7 Å². The number of ether oxygens (including phenoxy) is 1. The normalized spacial score (nSPS) is 11.0. The second-order valence-corrected chi connectivity index (χ2v) is 7.44. The van der Waals surface area contributed by atoms with E-state index < -0.39 is 0 Å².